The highest BCUT2D eigenvalue weighted by Crippen LogP contribution is 2.42. The maximum absolute atomic E-state index is 11.7. The molecule has 0 unspecified atom stereocenters. The van der Waals surface area contributed by atoms with E-state index in [2.05, 4.69) is 20.0 Å². The summed E-state index contributed by atoms with van der Waals surface area (Å²) in [5.41, 5.74) is 0.488. The van der Waals surface area contributed by atoms with Gasteiger partial charge in [-0.25, -0.2) is 9.59 Å². The summed E-state index contributed by atoms with van der Waals surface area (Å²) in [6, 6.07) is 0. The molecule has 0 saturated carbocycles. The molecular formula is C11H14N2O4. The molecule has 0 amide bonds. The van der Waals surface area contributed by atoms with Crippen LogP contribution < -0.4 is 0 Å². The second kappa shape index (κ2) is 3.65. The fourth-order valence-corrected chi connectivity index (χ4v) is 2.64. The summed E-state index contributed by atoms with van der Waals surface area (Å²) in [4.78, 5) is 32.6. The van der Waals surface area contributed by atoms with Crippen LogP contribution in [0.4, 0.5) is 0 Å². The summed E-state index contributed by atoms with van der Waals surface area (Å²) < 4.78 is 0. The highest BCUT2D eigenvalue weighted by atomic mass is 16.7. The maximum Gasteiger partial charge on any atom is 0.344 e. The molecule has 2 aliphatic rings. The lowest BCUT2D eigenvalue weighted by Gasteiger charge is -2.32. The first-order valence-electron chi connectivity index (χ1n) is 5.36. The lowest BCUT2D eigenvalue weighted by molar-refractivity contribution is -0.151. The monoisotopic (exact) mass is 238 g/mol. The van der Waals surface area contributed by atoms with Crippen LogP contribution >= 0.6 is 0 Å². The van der Waals surface area contributed by atoms with Gasteiger partial charge in [0.05, 0.1) is 11.4 Å². The summed E-state index contributed by atoms with van der Waals surface area (Å²) in [6.45, 7) is 7.06. The molecule has 0 aliphatic carbocycles. The Hall–Kier alpha value is -1.72. The van der Waals surface area contributed by atoms with Gasteiger partial charge in [0.15, 0.2) is 0 Å². The van der Waals surface area contributed by atoms with Crippen molar-refractivity contribution < 1.29 is 19.3 Å². The Bertz CT molecular complexity index is 410. The van der Waals surface area contributed by atoms with E-state index in [0.717, 1.165) is 0 Å². The van der Waals surface area contributed by atoms with Crippen molar-refractivity contribution in [3.8, 4) is 0 Å². The van der Waals surface area contributed by atoms with Crippen LogP contribution in [-0.4, -0.2) is 23.4 Å². The Morgan fingerprint density at radius 3 is 1.53 bits per heavy atom. The molecule has 2 rings (SSSR count). The van der Waals surface area contributed by atoms with Crippen LogP contribution in [0.5, 0.6) is 0 Å². The zero-order chi connectivity index (χ0) is 12.8. The Morgan fingerprint density at radius 1 is 0.941 bits per heavy atom. The summed E-state index contributed by atoms with van der Waals surface area (Å²) in [7, 11) is 0. The molecule has 0 aromatic rings. The van der Waals surface area contributed by atoms with Gasteiger partial charge in [-0.05, 0) is 13.8 Å². The van der Waals surface area contributed by atoms with Crippen molar-refractivity contribution >= 4 is 23.4 Å². The van der Waals surface area contributed by atoms with Crippen molar-refractivity contribution in [1.29, 1.82) is 0 Å². The maximum atomic E-state index is 11.7. The molecule has 0 bridgehead atoms. The van der Waals surface area contributed by atoms with E-state index in [1.54, 1.807) is 13.8 Å². The first kappa shape index (κ1) is 11.8. The van der Waals surface area contributed by atoms with Gasteiger partial charge in [0.2, 0.25) is 0 Å². The van der Waals surface area contributed by atoms with Gasteiger partial charge in [-0.1, -0.05) is 24.2 Å². The Kier molecular flexibility index (Phi) is 2.52. The summed E-state index contributed by atoms with van der Waals surface area (Å²) in [5, 5.41) is 7.32. The molecule has 0 aromatic carbocycles. The second-order valence-corrected chi connectivity index (χ2v) is 4.97. The molecule has 6 heteroatoms. The fraction of sp³-hybridized carbons (Fsp3) is 0.636. The van der Waals surface area contributed by atoms with Gasteiger partial charge in [0.1, 0.15) is 11.8 Å². The van der Waals surface area contributed by atoms with Crippen LogP contribution in [0.3, 0.4) is 0 Å². The molecule has 2 heterocycles. The summed E-state index contributed by atoms with van der Waals surface area (Å²) in [6.07, 6.45) is 0. The molecule has 6 nitrogen and oxygen atoms in total. The van der Waals surface area contributed by atoms with Gasteiger partial charge in [0.25, 0.3) is 0 Å². The minimum absolute atomic E-state index is 0.431. The topological polar surface area (TPSA) is 77.3 Å². The second-order valence-electron chi connectivity index (χ2n) is 4.97. The number of rotatable bonds is 2. The number of nitrogens with zero attached hydrogens (tertiary/aromatic N) is 2. The first-order valence-corrected chi connectivity index (χ1v) is 5.36. The minimum Gasteiger partial charge on any atom is -0.318 e. The number of hydrogen-bond donors (Lipinski definition) is 0. The largest absolute Gasteiger partial charge is 0.344 e. The summed E-state index contributed by atoms with van der Waals surface area (Å²) in [5.74, 6) is -1.94. The van der Waals surface area contributed by atoms with Gasteiger partial charge in [-0.15, -0.1) is 0 Å². The van der Waals surface area contributed by atoms with Crippen molar-refractivity contribution in [3.05, 3.63) is 0 Å². The van der Waals surface area contributed by atoms with Crippen LogP contribution in [-0.2, 0) is 19.3 Å². The first-order chi connectivity index (χ1) is 7.85. The average Bonchev–Trinajstić information content (AvgIpc) is 2.71. The highest BCUT2D eigenvalue weighted by molar-refractivity contribution is 6.09. The van der Waals surface area contributed by atoms with Gasteiger partial charge in [-0.3, -0.25) is 0 Å². The molecule has 0 fully saturated rings. The van der Waals surface area contributed by atoms with Crippen LogP contribution in [0.1, 0.15) is 27.7 Å². The lowest BCUT2D eigenvalue weighted by atomic mass is 9.66. The molecule has 0 spiro atoms. The van der Waals surface area contributed by atoms with E-state index in [1.165, 1.54) is 0 Å². The molecule has 92 valence electrons. The van der Waals surface area contributed by atoms with Crippen molar-refractivity contribution in [3.63, 3.8) is 0 Å². The zero-order valence-corrected chi connectivity index (χ0v) is 10.2. The quantitative estimate of drug-likeness (QED) is 0.675. The number of carbonyl (C=O) groups excluding carboxylic acids is 2. The van der Waals surface area contributed by atoms with Crippen molar-refractivity contribution in [2.45, 2.75) is 27.7 Å². The standard InChI is InChI=1S/C11H14N2O4/c1-5-7(9(14)16-12-5)11(3,4)8-6(2)13-17-10(8)15/h7-8H,1-4H3/t7-,8+. The Labute approximate surface area is 98.6 Å². The van der Waals surface area contributed by atoms with Crippen molar-refractivity contribution in [2.75, 3.05) is 0 Å². The van der Waals surface area contributed by atoms with Gasteiger partial charge < -0.3 is 9.68 Å². The fourth-order valence-electron chi connectivity index (χ4n) is 2.64. The van der Waals surface area contributed by atoms with Gasteiger partial charge in [-0.2, -0.15) is 0 Å². The molecule has 0 saturated heterocycles. The third kappa shape index (κ3) is 1.64. The van der Waals surface area contributed by atoms with Crippen molar-refractivity contribution in [2.24, 2.45) is 27.6 Å². The van der Waals surface area contributed by atoms with E-state index in [4.69, 9.17) is 0 Å². The van der Waals surface area contributed by atoms with E-state index in [-0.39, 0.29) is 0 Å². The molecule has 2 aliphatic heterocycles. The third-order valence-electron chi connectivity index (χ3n) is 3.35. The molecule has 0 aromatic heterocycles. The zero-order valence-electron chi connectivity index (χ0n) is 10.2. The number of carbonyl (C=O) groups is 2. The Balaban J connectivity index is 2.36. The predicted molar refractivity (Wildman–Crippen MR) is 59.2 cm³/mol. The van der Waals surface area contributed by atoms with E-state index in [9.17, 15) is 9.59 Å². The molecular weight excluding hydrogens is 224 g/mol. The van der Waals surface area contributed by atoms with Gasteiger partial charge in [0, 0.05) is 5.41 Å². The predicted octanol–water partition coefficient (Wildman–Crippen LogP) is 1.11. The van der Waals surface area contributed by atoms with E-state index in [1.807, 2.05) is 13.8 Å². The van der Waals surface area contributed by atoms with E-state index < -0.39 is 29.2 Å². The number of oxime groups is 2. The van der Waals surface area contributed by atoms with Crippen LogP contribution in [0.25, 0.3) is 0 Å². The average molecular weight is 238 g/mol. The number of hydrogen-bond acceptors (Lipinski definition) is 6. The van der Waals surface area contributed by atoms with E-state index >= 15 is 0 Å². The Morgan fingerprint density at radius 2 is 1.29 bits per heavy atom. The van der Waals surface area contributed by atoms with Crippen LogP contribution in [0.2, 0.25) is 0 Å². The highest BCUT2D eigenvalue weighted by Gasteiger charge is 2.53. The van der Waals surface area contributed by atoms with E-state index in [0.29, 0.717) is 11.4 Å². The van der Waals surface area contributed by atoms with Crippen molar-refractivity contribution in [1.82, 2.24) is 0 Å². The summed E-state index contributed by atoms with van der Waals surface area (Å²) >= 11 is 0. The lowest BCUT2D eigenvalue weighted by Crippen LogP contribution is -2.43. The van der Waals surface area contributed by atoms with Crippen LogP contribution in [0.15, 0.2) is 10.3 Å². The van der Waals surface area contributed by atoms with Crippen LogP contribution in [0, 0.1) is 17.3 Å². The molecule has 2 atom stereocenters. The molecule has 17 heavy (non-hydrogen) atoms. The molecule has 0 N–H and O–H groups in total. The minimum atomic E-state index is -0.664. The normalized spacial score (nSPS) is 28.7. The SMILES string of the molecule is CC1=NOC(=O)[C@H]1C(C)(C)[C@H]1C(=O)ON=C1C. The molecule has 0 radical (unpaired) electrons. The smallest absolute Gasteiger partial charge is 0.318 e. The third-order valence-corrected chi connectivity index (χ3v) is 3.35. The van der Waals surface area contributed by atoms with Gasteiger partial charge >= 0.3 is 11.9 Å².